The van der Waals surface area contributed by atoms with Gasteiger partial charge in [-0.3, -0.25) is 4.79 Å². The Kier molecular flexibility index (Phi) is 5.64. The van der Waals surface area contributed by atoms with Gasteiger partial charge < -0.3 is 16.2 Å². The van der Waals surface area contributed by atoms with Crippen LogP contribution in [0.5, 0.6) is 0 Å². The monoisotopic (exact) mass is 410 g/mol. The number of nitrogens with zero attached hydrogens (tertiary/aromatic N) is 2. The number of carbonyl (C=O) groups is 1. The first-order valence-electron chi connectivity index (χ1n) is 8.75. The summed E-state index contributed by atoms with van der Waals surface area (Å²) >= 11 is 1.16. The number of hydrogen-bond donors (Lipinski definition) is 3. The summed E-state index contributed by atoms with van der Waals surface area (Å²) in [4.78, 5) is 16.7. The van der Waals surface area contributed by atoms with E-state index in [0.29, 0.717) is 32.5 Å². The number of rotatable bonds is 6. The van der Waals surface area contributed by atoms with Crippen LogP contribution in [0.25, 0.3) is 10.4 Å². The van der Waals surface area contributed by atoms with Gasteiger partial charge in [0.25, 0.3) is 5.91 Å². The van der Waals surface area contributed by atoms with Crippen molar-refractivity contribution >= 4 is 28.1 Å². The molecule has 1 amide bonds. The molecule has 3 rings (SSSR count). The fraction of sp³-hybridized carbons (Fsp3) is 0.190. The summed E-state index contributed by atoms with van der Waals surface area (Å²) in [5, 5.41) is 22.3. The molecule has 4 N–H and O–H groups in total. The van der Waals surface area contributed by atoms with Gasteiger partial charge in [-0.05, 0) is 43.7 Å². The Morgan fingerprint density at radius 3 is 2.72 bits per heavy atom. The molecule has 8 heteroatoms. The Morgan fingerprint density at radius 2 is 2.10 bits per heavy atom. The van der Waals surface area contributed by atoms with Crippen molar-refractivity contribution in [3.8, 4) is 16.5 Å². The van der Waals surface area contributed by atoms with Gasteiger partial charge in [-0.1, -0.05) is 18.2 Å². The van der Waals surface area contributed by atoms with E-state index in [1.165, 1.54) is 12.1 Å². The van der Waals surface area contributed by atoms with Crippen molar-refractivity contribution in [3.05, 3.63) is 65.1 Å². The third-order valence-corrected chi connectivity index (χ3v) is 5.33. The maximum atomic E-state index is 14.7. The van der Waals surface area contributed by atoms with Crippen LogP contribution >= 0.6 is 11.3 Å². The van der Waals surface area contributed by atoms with Gasteiger partial charge in [0.2, 0.25) is 0 Å². The molecule has 0 bridgehead atoms. The van der Waals surface area contributed by atoms with E-state index in [9.17, 15) is 14.3 Å². The molecule has 2 aromatic heterocycles. The fourth-order valence-corrected chi connectivity index (χ4v) is 3.84. The highest BCUT2D eigenvalue weighted by molar-refractivity contribution is 7.19. The Balaban J connectivity index is 1.99. The van der Waals surface area contributed by atoms with Gasteiger partial charge in [0.05, 0.1) is 29.3 Å². The number of aliphatic hydroxyl groups is 1. The van der Waals surface area contributed by atoms with E-state index in [0.717, 1.165) is 11.3 Å². The van der Waals surface area contributed by atoms with Crippen LogP contribution in [0, 0.1) is 17.1 Å². The van der Waals surface area contributed by atoms with Crippen LogP contribution in [-0.4, -0.2) is 16.0 Å². The van der Waals surface area contributed by atoms with Crippen LogP contribution in [0.3, 0.4) is 0 Å². The molecule has 1 aromatic carbocycles. The number of amides is 1. The molecule has 0 fully saturated rings. The van der Waals surface area contributed by atoms with Gasteiger partial charge in [-0.15, -0.1) is 11.3 Å². The van der Waals surface area contributed by atoms with E-state index in [1.54, 1.807) is 44.2 Å². The third-order valence-electron chi connectivity index (χ3n) is 4.25. The number of primary amides is 1. The quantitative estimate of drug-likeness (QED) is 0.567. The Morgan fingerprint density at radius 1 is 1.34 bits per heavy atom. The first-order valence-corrected chi connectivity index (χ1v) is 9.57. The summed E-state index contributed by atoms with van der Waals surface area (Å²) in [6.07, 6.45) is 0.159. The number of halogens is 1. The summed E-state index contributed by atoms with van der Waals surface area (Å²) in [5.41, 5.74) is 5.87. The van der Waals surface area contributed by atoms with Crippen molar-refractivity contribution in [2.45, 2.75) is 25.9 Å². The van der Waals surface area contributed by atoms with Crippen molar-refractivity contribution in [3.63, 3.8) is 0 Å². The van der Waals surface area contributed by atoms with E-state index >= 15 is 0 Å². The van der Waals surface area contributed by atoms with Crippen LogP contribution in [0.2, 0.25) is 0 Å². The topological polar surface area (TPSA) is 112 Å². The standard InChI is InChI=1S/C21H19FN4O2S/c1-21(2,28)12-6-7-14(16(22)10-12)17-11-15(19(24)27)20(29-17)26-18-5-3-4-13(25-18)8-9-23/h3-7,10-11,28H,8H2,1-2H3,(H2,24,27)(H,25,26). The van der Waals surface area contributed by atoms with E-state index in [4.69, 9.17) is 11.0 Å². The zero-order valence-electron chi connectivity index (χ0n) is 15.9. The van der Waals surface area contributed by atoms with Crippen LogP contribution in [0.4, 0.5) is 15.2 Å². The minimum Gasteiger partial charge on any atom is -0.386 e. The summed E-state index contributed by atoms with van der Waals surface area (Å²) in [7, 11) is 0. The zero-order valence-corrected chi connectivity index (χ0v) is 16.7. The minimum atomic E-state index is -1.17. The lowest BCUT2D eigenvalue weighted by Gasteiger charge is -2.18. The number of thiophene rings is 1. The lowest BCUT2D eigenvalue weighted by Crippen LogP contribution is -2.15. The minimum absolute atomic E-state index is 0.159. The maximum absolute atomic E-state index is 14.7. The molecule has 0 aliphatic carbocycles. The van der Waals surface area contributed by atoms with Gasteiger partial charge in [0.1, 0.15) is 16.6 Å². The number of carbonyl (C=O) groups excluding carboxylic acids is 1. The fourth-order valence-electron chi connectivity index (χ4n) is 2.74. The molecule has 0 spiro atoms. The Hall–Kier alpha value is -3.28. The molecule has 0 aliphatic rings. The molecule has 0 radical (unpaired) electrons. The molecule has 0 atom stereocenters. The number of nitrogens with one attached hydrogen (secondary N) is 1. The number of anilines is 2. The lowest BCUT2D eigenvalue weighted by atomic mass is 9.96. The van der Waals surface area contributed by atoms with Crippen LogP contribution in [-0.2, 0) is 12.0 Å². The molecular formula is C21H19FN4O2S. The largest absolute Gasteiger partial charge is 0.386 e. The second-order valence-electron chi connectivity index (χ2n) is 6.95. The highest BCUT2D eigenvalue weighted by Crippen LogP contribution is 2.38. The summed E-state index contributed by atoms with van der Waals surface area (Å²) < 4.78 is 14.7. The van der Waals surface area contributed by atoms with Crippen LogP contribution in [0.1, 0.15) is 35.5 Å². The predicted molar refractivity (Wildman–Crippen MR) is 110 cm³/mol. The molecule has 29 heavy (non-hydrogen) atoms. The summed E-state index contributed by atoms with van der Waals surface area (Å²) in [6.45, 7) is 3.15. The Bertz CT molecular complexity index is 1110. The summed E-state index contributed by atoms with van der Waals surface area (Å²) in [5.74, 6) is -0.717. The second kappa shape index (κ2) is 7.99. The van der Waals surface area contributed by atoms with Gasteiger partial charge in [0, 0.05) is 10.4 Å². The highest BCUT2D eigenvalue weighted by atomic mass is 32.1. The van der Waals surface area contributed by atoms with Crippen molar-refractivity contribution in [2.24, 2.45) is 5.73 Å². The van der Waals surface area contributed by atoms with Crippen molar-refractivity contribution in [2.75, 3.05) is 5.32 Å². The number of benzene rings is 1. The smallest absolute Gasteiger partial charge is 0.251 e. The molecular weight excluding hydrogens is 391 g/mol. The van der Waals surface area contributed by atoms with Crippen molar-refractivity contribution in [1.82, 2.24) is 4.98 Å². The van der Waals surface area contributed by atoms with Crippen LogP contribution < -0.4 is 11.1 Å². The third kappa shape index (κ3) is 4.59. The maximum Gasteiger partial charge on any atom is 0.251 e. The van der Waals surface area contributed by atoms with Gasteiger partial charge >= 0.3 is 0 Å². The number of pyridine rings is 1. The van der Waals surface area contributed by atoms with Crippen LogP contribution in [0.15, 0.2) is 42.5 Å². The molecule has 148 valence electrons. The number of nitriles is 1. The molecule has 0 saturated heterocycles. The molecule has 3 aromatic rings. The van der Waals surface area contributed by atoms with Crippen molar-refractivity contribution in [1.29, 1.82) is 5.26 Å². The molecule has 0 aliphatic heterocycles. The average molecular weight is 410 g/mol. The molecule has 2 heterocycles. The van der Waals surface area contributed by atoms with E-state index in [2.05, 4.69) is 10.3 Å². The zero-order chi connectivity index (χ0) is 21.2. The lowest BCUT2D eigenvalue weighted by molar-refractivity contribution is 0.0782. The van der Waals surface area contributed by atoms with Gasteiger partial charge in [-0.2, -0.15) is 5.26 Å². The number of nitrogens with two attached hydrogens (primary N) is 1. The van der Waals surface area contributed by atoms with E-state index in [1.807, 2.05) is 6.07 Å². The Labute approximate surface area is 171 Å². The average Bonchev–Trinajstić information content (AvgIpc) is 3.05. The molecule has 0 unspecified atom stereocenters. The highest BCUT2D eigenvalue weighted by Gasteiger charge is 2.21. The predicted octanol–water partition coefficient (Wildman–Crippen LogP) is 4.09. The first-order chi connectivity index (χ1) is 13.7. The SMILES string of the molecule is CC(C)(O)c1ccc(-c2cc(C(N)=O)c(Nc3cccc(CC#N)n3)s2)c(F)c1. The normalized spacial score (nSPS) is 11.1. The second-order valence-corrected chi connectivity index (χ2v) is 8.00. The molecule has 6 nitrogen and oxygen atoms in total. The van der Waals surface area contributed by atoms with E-state index < -0.39 is 17.3 Å². The van der Waals surface area contributed by atoms with Gasteiger partial charge in [0.15, 0.2) is 0 Å². The first kappa shape index (κ1) is 20.5. The molecule has 0 saturated carbocycles. The van der Waals surface area contributed by atoms with Crippen molar-refractivity contribution < 1.29 is 14.3 Å². The number of aromatic nitrogens is 1. The number of hydrogen-bond acceptors (Lipinski definition) is 6. The van der Waals surface area contributed by atoms with Gasteiger partial charge in [-0.25, -0.2) is 9.37 Å². The summed E-state index contributed by atoms with van der Waals surface area (Å²) in [6, 6.07) is 13.2. The van der Waals surface area contributed by atoms with E-state index in [-0.39, 0.29) is 12.0 Å².